The summed E-state index contributed by atoms with van der Waals surface area (Å²) in [6, 6.07) is 10.8. The number of anilines is 1. The van der Waals surface area contributed by atoms with Crippen LogP contribution < -0.4 is 10.2 Å². The predicted octanol–water partition coefficient (Wildman–Crippen LogP) is 2.28. The molecule has 5 nitrogen and oxygen atoms in total. The fourth-order valence-corrected chi connectivity index (χ4v) is 5.59. The van der Waals surface area contributed by atoms with E-state index in [2.05, 4.69) is 10.2 Å². The van der Waals surface area contributed by atoms with E-state index in [0.29, 0.717) is 18.6 Å². The van der Waals surface area contributed by atoms with E-state index in [4.69, 9.17) is 4.98 Å². The highest BCUT2D eigenvalue weighted by Gasteiger charge is 2.39. The molecule has 6 heteroatoms. The van der Waals surface area contributed by atoms with Gasteiger partial charge in [-0.3, -0.25) is 4.79 Å². The Hall–Kier alpha value is -1.92. The van der Waals surface area contributed by atoms with Gasteiger partial charge in [0, 0.05) is 48.6 Å². The molecule has 0 saturated carbocycles. The number of aromatic nitrogens is 1. The van der Waals surface area contributed by atoms with Crippen molar-refractivity contribution in [3.05, 3.63) is 46.5 Å². The van der Waals surface area contributed by atoms with Crippen LogP contribution in [0.25, 0.3) is 0 Å². The SMILES string of the molecule is O=C(c1ccccc1)N1CCc2nc(N3C4CCC3CNC4)sc2C1. The summed E-state index contributed by atoms with van der Waals surface area (Å²) < 4.78 is 0. The number of benzene rings is 1. The third kappa shape index (κ3) is 2.64. The lowest BCUT2D eigenvalue weighted by Gasteiger charge is -2.35. The number of carbonyl (C=O) groups is 1. The molecule has 0 aliphatic carbocycles. The molecule has 1 N–H and O–H groups in total. The van der Waals surface area contributed by atoms with E-state index < -0.39 is 0 Å². The van der Waals surface area contributed by atoms with E-state index in [1.807, 2.05) is 35.2 Å². The number of carbonyl (C=O) groups excluding carboxylic acids is 1. The van der Waals surface area contributed by atoms with Gasteiger partial charge >= 0.3 is 0 Å². The van der Waals surface area contributed by atoms with E-state index in [-0.39, 0.29) is 5.91 Å². The van der Waals surface area contributed by atoms with Crippen molar-refractivity contribution in [3.63, 3.8) is 0 Å². The largest absolute Gasteiger partial charge is 0.340 e. The predicted molar refractivity (Wildman–Crippen MR) is 99.2 cm³/mol. The Labute approximate surface area is 151 Å². The minimum absolute atomic E-state index is 0.128. The fourth-order valence-electron chi connectivity index (χ4n) is 4.32. The van der Waals surface area contributed by atoms with E-state index in [1.165, 1.54) is 28.5 Å². The van der Waals surface area contributed by atoms with Crippen molar-refractivity contribution in [2.24, 2.45) is 0 Å². The molecule has 3 aliphatic heterocycles. The van der Waals surface area contributed by atoms with Gasteiger partial charge in [-0.2, -0.15) is 0 Å². The van der Waals surface area contributed by atoms with Crippen LogP contribution in [0.3, 0.4) is 0 Å². The minimum atomic E-state index is 0.128. The van der Waals surface area contributed by atoms with Crippen LogP contribution in [0.2, 0.25) is 0 Å². The van der Waals surface area contributed by atoms with Gasteiger partial charge in [0.25, 0.3) is 5.91 Å². The fraction of sp³-hybridized carbons (Fsp3) is 0.474. The Balaban J connectivity index is 1.37. The van der Waals surface area contributed by atoms with Crippen molar-refractivity contribution in [1.29, 1.82) is 0 Å². The van der Waals surface area contributed by atoms with Crippen molar-refractivity contribution < 1.29 is 4.79 Å². The molecular formula is C19H22N4OS. The first-order valence-electron chi connectivity index (χ1n) is 9.11. The summed E-state index contributed by atoms with van der Waals surface area (Å²) in [5.74, 6) is 0.128. The minimum Gasteiger partial charge on any atom is -0.340 e. The van der Waals surface area contributed by atoms with Gasteiger partial charge in [-0.15, -0.1) is 0 Å². The average Bonchev–Trinajstić information content (AvgIpc) is 3.18. The molecule has 2 atom stereocenters. The monoisotopic (exact) mass is 354 g/mol. The molecule has 0 radical (unpaired) electrons. The van der Waals surface area contributed by atoms with Crippen LogP contribution in [-0.4, -0.2) is 47.5 Å². The maximum atomic E-state index is 12.7. The van der Waals surface area contributed by atoms with E-state index in [1.54, 1.807) is 11.3 Å². The highest BCUT2D eigenvalue weighted by Crippen LogP contribution is 2.38. The van der Waals surface area contributed by atoms with E-state index in [9.17, 15) is 4.79 Å². The normalized spacial score (nSPS) is 25.1. The van der Waals surface area contributed by atoms with Gasteiger partial charge in [0.1, 0.15) is 0 Å². The maximum absolute atomic E-state index is 12.7. The highest BCUT2D eigenvalue weighted by molar-refractivity contribution is 7.15. The second kappa shape index (κ2) is 6.11. The zero-order valence-electron chi connectivity index (χ0n) is 14.1. The van der Waals surface area contributed by atoms with Gasteiger partial charge in [-0.25, -0.2) is 4.98 Å². The zero-order valence-corrected chi connectivity index (χ0v) is 15.0. The molecule has 1 amide bonds. The molecule has 3 aliphatic rings. The van der Waals surface area contributed by atoms with Crippen molar-refractivity contribution in [1.82, 2.24) is 15.2 Å². The van der Waals surface area contributed by atoms with Crippen LogP contribution in [-0.2, 0) is 13.0 Å². The number of hydrogen-bond acceptors (Lipinski definition) is 5. The number of rotatable bonds is 2. The van der Waals surface area contributed by atoms with E-state index in [0.717, 1.165) is 31.6 Å². The number of hydrogen-bond donors (Lipinski definition) is 1. The molecule has 1 aromatic heterocycles. The molecule has 5 rings (SSSR count). The second-order valence-corrected chi connectivity index (χ2v) is 8.22. The van der Waals surface area contributed by atoms with Gasteiger partial charge in [0.05, 0.1) is 12.2 Å². The van der Waals surface area contributed by atoms with Crippen molar-refractivity contribution in [2.75, 3.05) is 24.5 Å². The number of thiazole rings is 1. The number of nitrogens with zero attached hydrogens (tertiary/aromatic N) is 3. The Bertz CT molecular complexity index is 774. The van der Waals surface area contributed by atoms with Gasteiger partial charge < -0.3 is 15.1 Å². The molecule has 2 aromatic rings. The van der Waals surface area contributed by atoms with Crippen LogP contribution in [0.1, 0.15) is 33.8 Å². The van der Waals surface area contributed by atoms with Crippen molar-refractivity contribution in [2.45, 2.75) is 37.9 Å². The quantitative estimate of drug-likeness (QED) is 0.899. The lowest BCUT2D eigenvalue weighted by molar-refractivity contribution is 0.0736. The molecule has 2 saturated heterocycles. The third-order valence-electron chi connectivity index (χ3n) is 5.63. The summed E-state index contributed by atoms with van der Waals surface area (Å²) in [5.41, 5.74) is 1.98. The van der Waals surface area contributed by atoms with Crippen LogP contribution >= 0.6 is 11.3 Å². The summed E-state index contributed by atoms with van der Waals surface area (Å²) in [7, 11) is 0. The Kier molecular flexibility index (Phi) is 3.75. The van der Waals surface area contributed by atoms with Crippen LogP contribution in [0.5, 0.6) is 0 Å². The first kappa shape index (κ1) is 15.3. The Morgan fingerprint density at radius 2 is 1.92 bits per heavy atom. The first-order valence-corrected chi connectivity index (χ1v) is 9.93. The third-order valence-corrected chi connectivity index (χ3v) is 6.72. The molecular weight excluding hydrogens is 332 g/mol. The summed E-state index contributed by atoms with van der Waals surface area (Å²) in [6.07, 6.45) is 3.40. The van der Waals surface area contributed by atoms with Gasteiger partial charge in [0.2, 0.25) is 0 Å². The van der Waals surface area contributed by atoms with Crippen LogP contribution in [0.15, 0.2) is 30.3 Å². The zero-order chi connectivity index (χ0) is 16.8. The molecule has 130 valence electrons. The van der Waals surface area contributed by atoms with Gasteiger partial charge in [-0.1, -0.05) is 29.5 Å². The van der Waals surface area contributed by atoms with Crippen molar-refractivity contribution >= 4 is 22.4 Å². The lowest BCUT2D eigenvalue weighted by atomic mass is 10.1. The molecule has 4 heterocycles. The lowest BCUT2D eigenvalue weighted by Crippen LogP contribution is -2.51. The maximum Gasteiger partial charge on any atom is 0.254 e. The number of nitrogens with one attached hydrogen (secondary N) is 1. The summed E-state index contributed by atoms with van der Waals surface area (Å²) in [4.78, 5) is 23.5. The first-order chi connectivity index (χ1) is 12.3. The standard InChI is InChI=1S/C19H22N4OS/c24-18(13-4-2-1-3-5-13)22-9-8-16-17(12-22)25-19(21-16)23-14-6-7-15(23)11-20-10-14/h1-5,14-15,20H,6-12H2. The molecule has 1 aromatic carbocycles. The molecule has 2 fully saturated rings. The smallest absolute Gasteiger partial charge is 0.254 e. The second-order valence-electron chi connectivity index (χ2n) is 7.16. The number of amides is 1. The number of fused-ring (bicyclic) bond motifs is 3. The van der Waals surface area contributed by atoms with Gasteiger partial charge in [-0.05, 0) is 25.0 Å². The highest BCUT2D eigenvalue weighted by atomic mass is 32.1. The topological polar surface area (TPSA) is 48.5 Å². The average molecular weight is 354 g/mol. The molecule has 25 heavy (non-hydrogen) atoms. The molecule has 0 spiro atoms. The molecule has 2 unspecified atom stereocenters. The Morgan fingerprint density at radius 3 is 2.68 bits per heavy atom. The summed E-state index contributed by atoms with van der Waals surface area (Å²) >= 11 is 1.80. The summed E-state index contributed by atoms with van der Waals surface area (Å²) in [5, 5.41) is 4.70. The van der Waals surface area contributed by atoms with Gasteiger partial charge in [0.15, 0.2) is 5.13 Å². The van der Waals surface area contributed by atoms with Crippen molar-refractivity contribution in [3.8, 4) is 0 Å². The summed E-state index contributed by atoms with van der Waals surface area (Å²) in [6.45, 7) is 3.60. The molecule has 2 bridgehead atoms. The van der Waals surface area contributed by atoms with Crippen LogP contribution in [0.4, 0.5) is 5.13 Å². The van der Waals surface area contributed by atoms with Crippen LogP contribution in [0, 0.1) is 0 Å². The Morgan fingerprint density at radius 1 is 1.16 bits per heavy atom. The number of piperazine rings is 1. The van der Waals surface area contributed by atoms with E-state index >= 15 is 0 Å².